The van der Waals surface area contributed by atoms with Crippen LogP contribution in [0.5, 0.6) is 5.75 Å². The third kappa shape index (κ3) is 4.51. The van der Waals surface area contributed by atoms with Gasteiger partial charge in [0.25, 0.3) is 5.91 Å². The van der Waals surface area contributed by atoms with Crippen molar-refractivity contribution in [2.75, 3.05) is 23.9 Å². The van der Waals surface area contributed by atoms with E-state index in [1.165, 1.54) is 0 Å². The predicted octanol–water partition coefficient (Wildman–Crippen LogP) is 1.62. The summed E-state index contributed by atoms with van der Waals surface area (Å²) in [6.45, 7) is 0.567. The summed E-state index contributed by atoms with van der Waals surface area (Å²) in [4.78, 5) is 16.3. The van der Waals surface area contributed by atoms with Gasteiger partial charge in [-0.25, -0.2) is 13.4 Å². The summed E-state index contributed by atoms with van der Waals surface area (Å²) in [7, 11) is -1.40. The van der Waals surface area contributed by atoms with Crippen LogP contribution in [0.1, 0.15) is 22.5 Å². The molecule has 2 aromatic rings. The molecule has 1 unspecified atom stereocenters. The Labute approximate surface area is 152 Å². The highest BCUT2D eigenvalue weighted by Crippen LogP contribution is 2.19. The second kappa shape index (κ2) is 7.74. The number of amides is 1. The molecule has 3 rings (SSSR count). The molecule has 1 aliphatic heterocycles. The molecule has 0 spiro atoms. The SMILES string of the molecule is COc1ccccc1CNc1ccc(C(=O)NC2CCS(=O)(=O)C2)nc1. The number of carbonyl (C=O) groups excluding carboxylic acids is 1. The number of hydrogen-bond donors (Lipinski definition) is 2. The normalized spacial score (nSPS) is 18.3. The lowest BCUT2D eigenvalue weighted by Gasteiger charge is -2.12. The van der Waals surface area contributed by atoms with Gasteiger partial charge in [-0.3, -0.25) is 4.79 Å². The van der Waals surface area contributed by atoms with E-state index in [4.69, 9.17) is 4.74 Å². The van der Waals surface area contributed by atoms with Crippen molar-refractivity contribution in [1.82, 2.24) is 10.3 Å². The first-order valence-electron chi connectivity index (χ1n) is 8.30. The summed E-state index contributed by atoms with van der Waals surface area (Å²) in [6, 6.07) is 10.8. The number of carbonyl (C=O) groups is 1. The molecule has 26 heavy (non-hydrogen) atoms. The Balaban J connectivity index is 1.57. The van der Waals surface area contributed by atoms with Gasteiger partial charge in [0.2, 0.25) is 0 Å². The van der Waals surface area contributed by atoms with Crippen molar-refractivity contribution >= 4 is 21.4 Å². The van der Waals surface area contributed by atoms with Gasteiger partial charge in [0.15, 0.2) is 9.84 Å². The standard InChI is InChI=1S/C18H21N3O4S/c1-25-17-5-3-2-4-13(17)10-19-14-6-7-16(20-11-14)18(22)21-15-8-9-26(23,24)12-15/h2-7,11,15,19H,8-10,12H2,1H3,(H,21,22). The quantitative estimate of drug-likeness (QED) is 0.796. The fraction of sp³-hybridized carbons (Fsp3) is 0.333. The molecule has 7 nitrogen and oxygen atoms in total. The van der Waals surface area contributed by atoms with Crippen LogP contribution in [-0.2, 0) is 16.4 Å². The zero-order valence-corrected chi connectivity index (χ0v) is 15.3. The van der Waals surface area contributed by atoms with Gasteiger partial charge in [-0.15, -0.1) is 0 Å². The number of pyridine rings is 1. The minimum atomic E-state index is -3.02. The van der Waals surface area contributed by atoms with Gasteiger partial charge >= 0.3 is 0 Å². The topological polar surface area (TPSA) is 97.4 Å². The van der Waals surface area contributed by atoms with Gasteiger partial charge in [-0.05, 0) is 24.6 Å². The first-order valence-corrected chi connectivity index (χ1v) is 10.1. The van der Waals surface area contributed by atoms with E-state index in [0.717, 1.165) is 17.0 Å². The molecule has 0 bridgehead atoms. The molecule has 1 fully saturated rings. The van der Waals surface area contributed by atoms with Crippen LogP contribution in [-0.4, -0.2) is 44.0 Å². The van der Waals surface area contributed by atoms with E-state index in [-0.39, 0.29) is 29.1 Å². The lowest BCUT2D eigenvalue weighted by atomic mass is 10.2. The molecule has 8 heteroatoms. The van der Waals surface area contributed by atoms with Crippen LogP contribution in [0.2, 0.25) is 0 Å². The maximum Gasteiger partial charge on any atom is 0.270 e. The van der Waals surface area contributed by atoms with Crippen molar-refractivity contribution in [2.45, 2.75) is 19.0 Å². The van der Waals surface area contributed by atoms with E-state index in [9.17, 15) is 13.2 Å². The van der Waals surface area contributed by atoms with Crippen molar-refractivity contribution in [3.8, 4) is 5.75 Å². The summed E-state index contributed by atoms with van der Waals surface area (Å²) in [5.74, 6) is 0.563. The van der Waals surface area contributed by atoms with Gasteiger partial charge in [0, 0.05) is 18.2 Å². The molecule has 1 aliphatic rings. The lowest BCUT2D eigenvalue weighted by Crippen LogP contribution is -2.36. The zero-order valence-electron chi connectivity index (χ0n) is 14.4. The van der Waals surface area contributed by atoms with E-state index in [0.29, 0.717) is 13.0 Å². The molecule has 1 aromatic carbocycles. The molecule has 1 saturated heterocycles. The fourth-order valence-electron chi connectivity index (χ4n) is 2.85. The first-order chi connectivity index (χ1) is 12.5. The zero-order chi connectivity index (χ0) is 18.6. The number of hydrogen-bond acceptors (Lipinski definition) is 6. The van der Waals surface area contributed by atoms with Gasteiger partial charge in [-0.1, -0.05) is 18.2 Å². The van der Waals surface area contributed by atoms with Crippen LogP contribution in [0.3, 0.4) is 0 Å². The summed E-state index contributed by atoms with van der Waals surface area (Å²) in [5.41, 5.74) is 2.05. The summed E-state index contributed by atoms with van der Waals surface area (Å²) >= 11 is 0. The summed E-state index contributed by atoms with van der Waals surface area (Å²) < 4.78 is 28.2. The minimum Gasteiger partial charge on any atom is -0.496 e. The van der Waals surface area contributed by atoms with E-state index in [2.05, 4.69) is 15.6 Å². The van der Waals surface area contributed by atoms with Gasteiger partial charge < -0.3 is 15.4 Å². The van der Waals surface area contributed by atoms with Crippen LogP contribution < -0.4 is 15.4 Å². The number of nitrogens with zero attached hydrogens (tertiary/aromatic N) is 1. The largest absolute Gasteiger partial charge is 0.496 e. The van der Waals surface area contributed by atoms with E-state index < -0.39 is 9.84 Å². The van der Waals surface area contributed by atoms with Crippen molar-refractivity contribution in [3.63, 3.8) is 0 Å². The number of rotatable bonds is 6. The average molecular weight is 375 g/mol. The lowest BCUT2D eigenvalue weighted by molar-refractivity contribution is 0.0936. The Kier molecular flexibility index (Phi) is 5.41. The van der Waals surface area contributed by atoms with Crippen LogP contribution in [0.15, 0.2) is 42.6 Å². The maximum atomic E-state index is 12.2. The minimum absolute atomic E-state index is 0.00269. The Morgan fingerprint density at radius 1 is 1.27 bits per heavy atom. The monoisotopic (exact) mass is 375 g/mol. The number of nitrogens with one attached hydrogen (secondary N) is 2. The molecule has 1 aromatic heterocycles. The fourth-order valence-corrected chi connectivity index (χ4v) is 4.52. The number of para-hydroxylation sites is 1. The number of methoxy groups -OCH3 is 1. The maximum absolute atomic E-state index is 12.2. The molecule has 1 atom stereocenters. The summed E-state index contributed by atoms with van der Waals surface area (Å²) in [6.07, 6.45) is 2.03. The van der Waals surface area contributed by atoms with Crippen LogP contribution in [0.4, 0.5) is 5.69 Å². The highest BCUT2D eigenvalue weighted by atomic mass is 32.2. The number of anilines is 1. The molecule has 2 heterocycles. The highest BCUT2D eigenvalue weighted by molar-refractivity contribution is 7.91. The molecule has 1 amide bonds. The average Bonchev–Trinajstić information content (AvgIpc) is 2.99. The van der Waals surface area contributed by atoms with Crippen LogP contribution >= 0.6 is 0 Å². The number of aromatic nitrogens is 1. The molecular weight excluding hydrogens is 354 g/mol. The number of sulfone groups is 1. The smallest absolute Gasteiger partial charge is 0.270 e. The molecular formula is C18H21N3O4S. The molecule has 0 radical (unpaired) electrons. The van der Waals surface area contributed by atoms with Crippen molar-refractivity contribution < 1.29 is 17.9 Å². The predicted molar refractivity (Wildman–Crippen MR) is 99.1 cm³/mol. The Bertz CT molecular complexity index is 882. The third-order valence-corrected chi connectivity index (χ3v) is 6.01. The summed E-state index contributed by atoms with van der Waals surface area (Å²) in [5, 5.41) is 5.96. The van der Waals surface area contributed by atoms with Gasteiger partial charge in [0.1, 0.15) is 11.4 Å². The molecule has 2 N–H and O–H groups in total. The number of ether oxygens (including phenoxy) is 1. The van der Waals surface area contributed by atoms with E-state index in [1.54, 1.807) is 25.4 Å². The third-order valence-electron chi connectivity index (χ3n) is 4.24. The van der Waals surface area contributed by atoms with Crippen molar-refractivity contribution in [3.05, 3.63) is 53.9 Å². The number of benzene rings is 1. The molecule has 138 valence electrons. The Morgan fingerprint density at radius 3 is 2.73 bits per heavy atom. The van der Waals surface area contributed by atoms with E-state index >= 15 is 0 Å². The van der Waals surface area contributed by atoms with Crippen molar-refractivity contribution in [1.29, 1.82) is 0 Å². The Morgan fingerprint density at radius 2 is 2.08 bits per heavy atom. The Hall–Kier alpha value is -2.61. The highest BCUT2D eigenvalue weighted by Gasteiger charge is 2.29. The van der Waals surface area contributed by atoms with Gasteiger partial charge in [0.05, 0.1) is 30.5 Å². The first kappa shape index (κ1) is 18.2. The second-order valence-electron chi connectivity index (χ2n) is 6.17. The van der Waals surface area contributed by atoms with Crippen LogP contribution in [0.25, 0.3) is 0 Å². The van der Waals surface area contributed by atoms with E-state index in [1.807, 2.05) is 24.3 Å². The van der Waals surface area contributed by atoms with Gasteiger partial charge in [-0.2, -0.15) is 0 Å². The van der Waals surface area contributed by atoms with Crippen molar-refractivity contribution in [2.24, 2.45) is 0 Å². The second-order valence-corrected chi connectivity index (χ2v) is 8.40. The van der Waals surface area contributed by atoms with Crippen LogP contribution in [0, 0.1) is 0 Å². The molecule has 0 aliphatic carbocycles. The molecule has 0 saturated carbocycles.